The number of aromatic nitrogens is 3. The van der Waals surface area contributed by atoms with Crippen molar-refractivity contribution < 1.29 is 0 Å². The molecule has 37 heavy (non-hydrogen) atoms. The van der Waals surface area contributed by atoms with Crippen LogP contribution in [0.5, 0.6) is 0 Å². The van der Waals surface area contributed by atoms with Gasteiger partial charge in [-0.1, -0.05) is 38.8 Å². The summed E-state index contributed by atoms with van der Waals surface area (Å²) in [6, 6.07) is 14.4. The first-order valence-electron chi connectivity index (χ1n) is 12.8. The lowest BCUT2D eigenvalue weighted by Gasteiger charge is -2.16. The fraction of sp³-hybridized carbons (Fsp3) is 0.258. The molecule has 1 aromatic carbocycles. The first kappa shape index (κ1) is 26.0. The summed E-state index contributed by atoms with van der Waals surface area (Å²) < 4.78 is 0. The van der Waals surface area contributed by atoms with Gasteiger partial charge in [-0.3, -0.25) is 4.98 Å². The maximum atomic E-state index is 4.63. The highest BCUT2D eigenvalue weighted by molar-refractivity contribution is 5.61. The van der Waals surface area contributed by atoms with Gasteiger partial charge in [0.2, 0.25) is 5.95 Å². The molecular weight excluding hydrogens is 456 g/mol. The van der Waals surface area contributed by atoms with E-state index in [1.54, 1.807) is 18.6 Å². The quantitative estimate of drug-likeness (QED) is 0.287. The number of benzene rings is 1. The van der Waals surface area contributed by atoms with Gasteiger partial charge in [-0.05, 0) is 91.9 Å². The minimum absolute atomic E-state index is 0.474. The van der Waals surface area contributed by atoms with Crippen molar-refractivity contribution in [1.82, 2.24) is 19.9 Å². The molecule has 0 bridgehead atoms. The minimum Gasteiger partial charge on any atom is -0.356 e. The number of allylic oxidation sites excluding steroid dienone is 2. The molecule has 0 spiro atoms. The molecule has 1 aliphatic heterocycles. The maximum absolute atomic E-state index is 4.63. The van der Waals surface area contributed by atoms with Gasteiger partial charge in [0.15, 0.2) is 0 Å². The molecule has 3 aromatic rings. The number of nitrogens with zero attached hydrogens (tertiary/aromatic N) is 4. The third kappa shape index (κ3) is 7.02. The zero-order chi connectivity index (χ0) is 26.2. The van der Waals surface area contributed by atoms with E-state index in [1.807, 2.05) is 31.2 Å². The normalized spacial score (nSPS) is 15.8. The van der Waals surface area contributed by atoms with Crippen LogP contribution in [-0.4, -0.2) is 39.5 Å². The molecule has 1 aliphatic rings. The Morgan fingerprint density at radius 3 is 2.59 bits per heavy atom. The van der Waals surface area contributed by atoms with Crippen molar-refractivity contribution in [3.8, 4) is 11.3 Å². The lowest BCUT2D eigenvalue weighted by atomic mass is 9.98. The number of nitrogens with one attached hydrogen (secondary N) is 2. The van der Waals surface area contributed by atoms with Crippen LogP contribution in [0.25, 0.3) is 11.3 Å². The van der Waals surface area contributed by atoms with E-state index in [0.29, 0.717) is 17.6 Å². The van der Waals surface area contributed by atoms with Crippen molar-refractivity contribution in [2.75, 3.05) is 30.3 Å². The summed E-state index contributed by atoms with van der Waals surface area (Å²) >= 11 is 0. The van der Waals surface area contributed by atoms with Crippen molar-refractivity contribution in [2.24, 2.45) is 0 Å². The molecule has 4 rings (SSSR count). The van der Waals surface area contributed by atoms with E-state index in [4.69, 9.17) is 0 Å². The second-order valence-electron chi connectivity index (χ2n) is 9.51. The highest BCUT2D eigenvalue weighted by atomic mass is 15.1. The van der Waals surface area contributed by atoms with Crippen molar-refractivity contribution in [2.45, 2.75) is 32.6 Å². The Morgan fingerprint density at radius 2 is 1.89 bits per heavy atom. The van der Waals surface area contributed by atoms with E-state index >= 15 is 0 Å². The number of pyridine rings is 1. The van der Waals surface area contributed by atoms with Crippen molar-refractivity contribution in [1.29, 1.82) is 0 Å². The average molecular weight is 493 g/mol. The summed E-state index contributed by atoms with van der Waals surface area (Å²) in [5, 5.41) is 6.66. The van der Waals surface area contributed by atoms with Gasteiger partial charge in [0.05, 0.1) is 5.69 Å². The van der Waals surface area contributed by atoms with E-state index in [1.165, 1.54) is 31.5 Å². The maximum Gasteiger partial charge on any atom is 0.227 e. The van der Waals surface area contributed by atoms with E-state index in [2.05, 4.69) is 81.4 Å². The van der Waals surface area contributed by atoms with Crippen molar-refractivity contribution >= 4 is 11.6 Å². The second kappa shape index (κ2) is 12.3. The number of likely N-dealkylation sites (tertiary alicyclic amines) is 1. The molecule has 1 unspecified atom stereocenters. The number of anilines is 2. The minimum atomic E-state index is 0.474. The third-order valence-electron chi connectivity index (χ3n) is 6.51. The van der Waals surface area contributed by atoms with Crippen LogP contribution >= 0.6 is 0 Å². The summed E-state index contributed by atoms with van der Waals surface area (Å²) in [5.41, 5.74) is 7.16. The van der Waals surface area contributed by atoms with Gasteiger partial charge >= 0.3 is 0 Å². The predicted molar refractivity (Wildman–Crippen MR) is 154 cm³/mol. The van der Waals surface area contributed by atoms with Gasteiger partial charge in [0.25, 0.3) is 0 Å². The Morgan fingerprint density at radius 1 is 1.08 bits per heavy atom. The highest BCUT2D eigenvalue weighted by Gasteiger charge is 2.22. The van der Waals surface area contributed by atoms with Gasteiger partial charge < -0.3 is 15.5 Å². The molecule has 2 aromatic heterocycles. The van der Waals surface area contributed by atoms with Crippen LogP contribution in [0.3, 0.4) is 0 Å². The summed E-state index contributed by atoms with van der Waals surface area (Å²) in [6.45, 7) is 20.2. The largest absolute Gasteiger partial charge is 0.356 e. The van der Waals surface area contributed by atoms with Crippen LogP contribution < -0.4 is 10.6 Å². The molecular formula is C31H36N6. The number of rotatable bonds is 11. The van der Waals surface area contributed by atoms with E-state index in [0.717, 1.165) is 40.3 Å². The predicted octanol–water partition coefficient (Wildman–Crippen LogP) is 6.79. The standard InChI is InChI=1S/C31H36N6/c1-6-17-37-18-14-27(21-37)25-9-11-28(12-10-25)34-24(5)23(4)19-30(22(2)3)36-31-33-16-13-29(35-31)26-8-7-15-32-20-26/h7-13,15-16,19-20,27,34H,2,4-6,14,17-18,21H2,1,3H3,(H,33,35,36)/b30-19+. The summed E-state index contributed by atoms with van der Waals surface area (Å²) in [4.78, 5) is 15.7. The van der Waals surface area contributed by atoms with Crippen molar-refractivity contribution in [3.63, 3.8) is 0 Å². The topological polar surface area (TPSA) is 66.0 Å². The summed E-state index contributed by atoms with van der Waals surface area (Å²) in [7, 11) is 0. The lowest BCUT2D eigenvalue weighted by molar-refractivity contribution is 0.335. The fourth-order valence-corrected chi connectivity index (χ4v) is 4.46. The van der Waals surface area contributed by atoms with Crippen LogP contribution in [-0.2, 0) is 0 Å². The molecule has 1 fully saturated rings. The van der Waals surface area contributed by atoms with Gasteiger partial charge in [0, 0.05) is 47.8 Å². The van der Waals surface area contributed by atoms with Gasteiger partial charge in [-0.25, -0.2) is 9.97 Å². The Bertz CT molecular complexity index is 1280. The lowest BCUT2D eigenvalue weighted by Crippen LogP contribution is -2.20. The average Bonchev–Trinajstić information content (AvgIpc) is 3.38. The van der Waals surface area contributed by atoms with Gasteiger partial charge in [0.1, 0.15) is 0 Å². The Hall–Kier alpha value is -4.03. The number of hydrogen-bond donors (Lipinski definition) is 2. The monoisotopic (exact) mass is 492 g/mol. The first-order valence-corrected chi connectivity index (χ1v) is 12.8. The second-order valence-corrected chi connectivity index (χ2v) is 9.51. The zero-order valence-corrected chi connectivity index (χ0v) is 21.9. The molecule has 0 aliphatic carbocycles. The van der Waals surface area contributed by atoms with E-state index in [-0.39, 0.29) is 0 Å². The molecule has 2 N–H and O–H groups in total. The van der Waals surface area contributed by atoms with E-state index in [9.17, 15) is 0 Å². The molecule has 0 saturated carbocycles. The van der Waals surface area contributed by atoms with Crippen LogP contribution in [0.15, 0.2) is 109 Å². The van der Waals surface area contributed by atoms with Crippen LogP contribution in [0, 0.1) is 0 Å². The van der Waals surface area contributed by atoms with Crippen LogP contribution in [0.1, 0.15) is 38.2 Å². The van der Waals surface area contributed by atoms with Crippen LogP contribution in [0.4, 0.5) is 11.6 Å². The number of hydrogen-bond acceptors (Lipinski definition) is 6. The third-order valence-corrected chi connectivity index (χ3v) is 6.51. The SMILES string of the molecule is C=C(/C=C(/Nc1nccc(-c2cccnc2)n1)C(=C)C)C(=C)Nc1ccc(C2CCN(CCC)C2)cc1. The molecule has 1 saturated heterocycles. The molecule has 190 valence electrons. The highest BCUT2D eigenvalue weighted by Crippen LogP contribution is 2.28. The first-order chi connectivity index (χ1) is 17.9. The summed E-state index contributed by atoms with van der Waals surface area (Å²) in [6.07, 6.45) is 9.59. The zero-order valence-electron chi connectivity index (χ0n) is 21.9. The fourth-order valence-electron chi connectivity index (χ4n) is 4.46. The van der Waals surface area contributed by atoms with Gasteiger partial charge in [-0.2, -0.15) is 0 Å². The van der Waals surface area contributed by atoms with Gasteiger partial charge in [-0.15, -0.1) is 0 Å². The molecule has 6 nitrogen and oxygen atoms in total. The Balaban J connectivity index is 1.39. The van der Waals surface area contributed by atoms with E-state index < -0.39 is 0 Å². The smallest absolute Gasteiger partial charge is 0.227 e. The summed E-state index contributed by atoms with van der Waals surface area (Å²) in [5.74, 6) is 1.09. The molecule has 0 radical (unpaired) electrons. The molecule has 0 amide bonds. The van der Waals surface area contributed by atoms with Crippen LogP contribution in [0.2, 0.25) is 0 Å². The van der Waals surface area contributed by atoms with Crippen molar-refractivity contribution in [3.05, 3.63) is 115 Å². The Kier molecular flexibility index (Phi) is 8.64. The molecule has 1 atom stereocenters. The molecule has 3 heterocycles. The Labute approximate surface area is 220 Å². The molecule has 6 heteroatoms.